The number of piperazine rings is 1. The molecule has 9 rings (SSSR count). The van der Waals surface area contributed by atoms with E-state index in [0.29, 0.717) is 78.0 Å². The molecular formula is C44H43Cl2FN6O8S2. The Morgan fingerprint density at radius 3 is 2.41 bits per heavy atom. The fraction of sp³-hybridized carbons (Fsp3) is 0.341. The standard InChI is InChI=1S/C44H43Cl2FN6O8S2/c1-24-35-25(2)39(46)40(38(24)45)60-31(19-53-15-13-52(3)14-16-53)21-58-30-9-10-32(59-20-29-11-12-48-34(51-29)22-63(4,56)57)27(17-30)18-33(44(54)55)61-42-37-36(35)41(62-43(37)50-23-49-42)26-5-7-28(47)8-6-26/h5-12,17,23,31,33H,13-16,18-22H2,1-4H3,(H,54,55)/t31-,33-/m1/s1. The van der Waals surface area contributed by atoms with E-state index in [-0.39, 0.29) is 47.1 Å². The number of hydrogen-bond acceptors (Lipinski definition) is 14. The van der Waals surface area contributed by atoms with Crippen molar-refractivity contribution < 1.29 is 41.7 Å². The Kier molecular flexibility index (Phi) is 13.1. The minimum atomic E-state index is -3.39. The molecule has 3 aliphatic heterocycles. The number of benzene rings is 3. The molecular weight excluding hydrogens is 895 g/mol. The first-order valence-corrected chi connectivity index (χ1v) is 23.6. The van der Waals surface area contributed by atoms with Crippen LogP contribution in [0.2, 0.25) is 10.0 Å². The van der Waals surface area contributed by atoms with Crippen molar-refractivity contribution in [1.82, 2.24) is 29.7 Å². The van der Waals surface area contributed by atoms with Gasteiger partial charge in [-0.2, -0.15) is 0 Å². The number of aromatic nitrogens is 4. The molecule has 330 valence electrons. The topological polar surface area (TPSA) is 166 Å². The molecule has 0 spiro atoms. The largest absolute Gasteiger partial charge is 0.490 e. The van der Waals surface area contributed by atoms with Crippen molar-refractivity contribution in [1.29, 1.82) is 0 Å². The van der Waals surface area contributed by atoms with Crippen molar-refractivity contribution in [2.24, 2.45) is 0 Å². The van der Waals surface area contributed by atoms with Crippen LogP contribution in [0.1, 0.15) is 28.2 Å². The fourth-order valence-corrected chi connectivity index (χ4v) is 9.96. The van der Waals surface area contributed by atoms with E-state index in [2.05, 4.69) is 36.8 Å². The SMILES string of the molecule is Cc1c(Cl)c2c(Cl)c(C)c1-c1c(-c3ccc(F)cc3)sc3ncnc(c13)O[C@@H](C(=O)O)Cc1cc(ccc1OCc1ccnc(CS(C)(=O)=O)n1)OC[C@@H](CN1CCN(C)CC1)O2. The molecule has 2 atom stereocenters. The van der Waals surface area contributed by atoms with Crippen molar-refractivity contribution in [3.8, 4) is 44.7 Å². The van der Waals surface area contributed by atoms with E-state index in [1.807, 2.05) is 13.8 Å². The van der Waals surface area contributed by atoms with Crippen molar-refractivity contribution in [3.05, 3.63) is 105 Å². The van der Waals surface area contributed by atoms with Crippen LogP contribution >= 0.6 is 34.5 Å². The third-order valence-electron chi connectivity index (χ3n) is 10.9. The maximum atomic E-state index is 14.3. The smallest absolute Gasteiger partial charge is 0.345 e. The van der Waals surface area contributed by atoms with Crippen molar-refractivity contribution in [2.75, 3.05) is 52.6 Å². The van der Waals surface area contributed by atoms with Crippen LogP contribution in [0.25, 0.3) is 31.8 Å². The maximum absolute atomic E-state index is 14.3. The minimum absolute atomic E-state index is 0.01000. The zero-order valence-electron chi connectivity index (χ0n) is 34.7. The molecule has 1 fully saturated rings. The molecule has 0 unspecified atom stereocenters. The summed E-state index contributed by atoms with van der Waals surface area (Å²) >= 11 is 15.9. The monoisotopic (exact) mass is 936 g/mol. The summed E-state index contributed by atoms with van der Waals surface area (Å²) < 4.78 is 64.1. The summed E-state index contributed by atoms with van der Waals surface area (Å²) in [5.74, 6) is -0.916. The molecule has 4 bridgehead atoms. The highest BCUT2D eigenvalue weighted by Crippen LogP contribution is 2.53. The highest BCUT2D eigenvalue weighted by atomic mass is 35.5. The molecule has 6 heterocycles. The van der Waals surface area contributed by atoms with Gasteiger partial charge in [-0.15, -0.1) is 11.3 Å². The Morgan fingerprint density at radius 1 is 0.984 bits per heavy atom. The Morgan fingerprint density at radius 2 is 1.71 bits per heavy atom. The predicted molar refractivity (Wildman–Crippen MR) is 239 cm³/mol. The molecule has 3 aromatic heterocycles. The summed E-state index contributed by atoms with van der Waals surface area (Å²) in [6.07, 6.45) is 1.58. The van der Waals surface area contributed by atoms with Crippen LogP contribution in [-0.2, 0) is 33.4 Å². The van der Waals surface area contributed by atoms with Crippen molar-refractivity contribution in [3.63, 3.8) is 0 Å². The lowest BCUT2D eigenvalue weighted by Crippen LogP contribution is -2.49. The summed E-state index contributed by atoms with van der Waals surface area (Å²) in [5, 5.41) is 11.7. The van der Waals surface area contributed by atoms with E-state index >= 15 is 0 Å². The average Bonchev–Trinajstić information content (AvgIpc) is 3.63. The lowest BCUT2D eigenvalue weighted by molar-refractivity contribution is -0.145. The summed E-state index contributed by atoms with van der Waals surface area (Å²) in [7, 11) is -1.31. The number of aliphatic carboxylic acids is 1. The zero-order chi connectivity index (χ0) is 44.6. The molecule has 1 saturated heterocycles. The number of thiophene rings is 1. The van der Waals surface area contributed by atoms with Gasteiger partial charge in [0.25, 0.3) is 0 Å². The van der Waals surface area contributed by atoms with Crippen LogP contribution in [0.4, 0.5) is 4.39 Å². The van der Waals surface area contributed by atoms with E-state index in [1.54, 1.807) is 36.4 Å². The van der Waals surface area contributed by atoms with Gasteiger partial charge < -0.3 is 29.0 Å². The van der Waals surface area contributed by atoms with Crippen LogP contribution in [0, 0.1) is 19.7 Å². The van der Waals surface area contributed by atoms with E-state index in [0.717, 1.165) is 32.4 Å². The van der Waals surface area contributed by atoms with Gasteiger partial charge in [-0.1, -0.05) is 35.3 Å². The second kappa shape index (κ2) is 18.5. The normalized spacial score (nSPS) is 17.4. The number of ether oxygens (including phenoxy) is 4. The molecule has 0 amide bonds. The molecule has 19 heteroatoms. The molecule has 63 heavy (non-hydrogen) atoms. The van der Waals surface area contributed by atoms with Crippen LogP contribution in [0.3, 0.4) is 0 Å². The van der Waals surface area contributed by atoms with E-state index in [1.165, 1.54) is 36.0 Å². The Balaban J connectivity index is 1.27. The third kappa shape index (κ3) is 9.98. The zero-order valence-corrected chi connectivity index (χ0v) is 37.9. The molecule has 0 aliphatic carbocycles. The second-order valence-corrected chi connectivity index (χ2v) is 19.5. The molecule has 14 nitrogen and oxygen atoms in total. The first-order chi connectivity index (χ1) is 30.1. The number of carboxylic acid groups (broad SMARTS) is 1. The lowest BCUT2D eigenvalue weighted by atomic mass is 9.92. The average molecular weight is 938 g/mol. The first-order valence-electron chi connectivity index (χ1n) is 20.0. The number of nitrogens with zero attached hydrogens (tertiary/aromatic N) is 6. The molecule has 3 aromatic carbocycles. The number of hydrogen-bond donors (Lipinski definition) is 1. The van der Waals surface area contributed by atoms with Crippen LogP contribution in [-0.4, -0.2) is 114 Å². The second-order valence-electron chi connectivity index (χ2n) is 15.7. The maximum Gasteiger partial charge on any atom is 0.345 e. The number of halogens is 3. The Bertz CT molecular complexity index is 2780. The number of carbonyl (C=O) groups is 1. The molecule has 0 saturated carbocycles. The highest BCUT2D eigenvalue weighted by Gasteiger charge is 2.32. The van der Waals surface area contributed by atoms with Gasteiger partial charge in [-0.05, 0) is 79.5 Å². The molecule has 1 N–H and O–H groups in total. The molecule has 6 aromatic rings. The Hall–Kier alpha value is -5.17. The van der Waals surface area contributed by atoms with Crippen LogP contribution in [0.15, 0.2) is 61.1 Å². The molecule has 0 radical (unpaired) electrons. The van der Waals surface area contributed by atoms with Crippen molar-refractivity contribution in [2.45, 2.75) is 44.8 Å². The summed E-state index contributed by atoms with van der Waals surface area (Å²) in [6.45, 7) is 7.58. The number of fused-ring (bicyclic) bond motifs is 7. The van der Waals surface area contributed by atoms with Gasteiger partial charge in [0.1, 0.15) is 59.4 Å². The fourth-order valence-electron chi connectivity index (χ4n) is 7.69. The van der Waals surface area contributed by atoms with Gasteiger partial charge in [-0.25, -0.2) is 37.5 Å². The van der Waals surface area contributed by atoms with Crippen molar-refractivity contribution >= 4 is 60.6 Å². The number of sulfone groups is 1. The van der Waals surface area contributed by atoms with Gasteiger partial charge in [0, 0.05) is 67.6 Å². The van der Waals surface area contributed by atoms with Gasteiger partial charge in [0.05, 0.1) is 21.1 Å². The van der Waals surface area contributed by atoms with Gasteiger partial charge >= 0.3 is 5.97 Å². The van der Waals surface area contributed by atoms with Crippen LogP contribution in [0.5, 0.6) is 23.1 Å². The quantitative estimate of drug-likeness (QED) is 0.152. The minimum Gasteiger partial charge on any atom is -0.490 e. The summed E-state index contributed by atoms with van der Waals surface area (Å²) in [5.41, 5.74) is 3.99. The number of likely N-dealkylation sites (N-methyl/N-ethyl adjacent to an activating group) is 1. The number of rotatable bonds is 9. The van der Waals surface area contributed by atoms with Gasteiger partial charge in [-0.3, -0.25) is 4.90 Å². The first kappa shape index (κ1) is 44.4. The number of carboxylic acids is 1. The summed E-state index contributed by atoms with van der Waals surface area (Å²) in [6, 6.07) is 12.7. The van der Waals surface area contributed by atoms with E-state index in [4.69, 9.17) is 42.1 Å². The highest BCUT2D eigenvalue weighted by molar-refractivity contribution is 7.89. The van der Waals surface area contributed by atoms with E-state index < -0.39 is 33.8 Å². The predicted octanol–water partition coefficient (Wildman–Crippen LogP) is 7.46. The van der Waals surface area contributed by atoms with Crippen LogP contribution < -0.4 is 18.9 Å². The van der Waals surface area contributed by atoms with E-state index in [9.17, 15) is 22.7 Å². The van der Waals surface area contributed by atoms with Gasteiger partial charge in [0.2, 0.25) is 12.0 Å². The molecule has 3 aliphatic rings. The third-order valence-corrected chi connectivity index (χ3v) is 13.7. The summed E-state index contributed by atoms with van der Waals surface area (Å²) in [4.78, 5) is 36.5. The lowest BCUT2D eigenvalue weighted by Gasteiger charge is -2.35. The van der Waals surface area contributed by atoms with Gasteiger partial charge in [0.15, 0.2) is 15.6 Å². The Labute approximate surface area is 377 Å².